The third-order valence-electron chi connectivity index (χ3n) is 3.76. The molecule has 0 atom stereocenters. The van der Waals surface area contributed by atoms with Gasteiger partial charge in [-0.1, -0.05) is 10.8 Å². The molecule has 0 saturated heterocycles. The van der Waals surface area contributed by atoms with Crippen LogP contribution in [0, 0.1) is 0 Å². The van der Waals surface area contributed by atoms with Crippen LogP contribution in [0.1, 0.15) is 27.2 Å². The molecule has 26 heavy (non-hydrogen) atoms. The van der Waals surface area contributed by atoms with E-state index in [4.69, 9.17) is 13.3 Å². The largest absolute Gasteiger partial charge is 0.500 e. The van der Waals surface area contributed by atoms with Crippen LogP contribution in [0.5, 0.6) is 0 Å². The molecule has 0 radical (unpaired) electrons. The lowest BCUT2D eigenvalue weighted by atomic mass is 10.5. The molecule has 1 N–H and O–H groups in total. The second-order valence-corrected chi connectivity index (χ2v) is 10.7. The van der Waals surface area contributed by atoms with Gasteiger partial charge < -0.3 is 23.5 Å². The first-order valence-electron chi connectivity index (χ1n) is 8.77. The lowest BCUT2D eigenvalue weighted by Crippen LogP contribution is -2.42. The van der Waals surface area contributed by atoms with E-state index in [1.54, 1.807) is 42.9 Å². The van der Waals surface area contributed by atoms with Crippen molar-refractivity contribution in [2.24, 2.45) is 0 Å². The van der Waals surface area contributed by atoms with Crippen molar-refractivity contribution in [3.63, 3.8) is 0 Å². The van der Waals surface area contributed by atoms with Crippen LogP contribution in [0.2, 0.25) is 6.04 Å². The molecule has 0 bridgehead atoms. The van der Waals surface area contributed by atoms with Crippen LogP contribution < -0.4 is 10.2 Å². The fourth-order valence-electron chi connectivity index (χ4n) is 2.27. The number of anilines is 2. The van der Waals surface area contributed by atoms with Gasteiger partial charge in [0.05, 0.1) is 0 Å². The summed E-state index contributed by atoms with van der Waals surface area (Å²) in [6.45, 7) is 8.72. The minimum absolute atomic E-state index is 0.622. The normalized spacial score (nSPS) is 11.6. The van der Waals surface area contributed by atoms with Gasteiger partial charge in [-0.3, -0.25) is 0 Å². The van der Waals surface area contributed by atoms with Crippen molar-refractivity contribution < 1.29 is 13.3 Å². The summed E-state index contributed by atoms with van der Waals surface area (Å²) in [5, 5.41) is 3.90. The lowest BCUT2D eigenvalue weighted by molar-refractivity contribution is 0.123. The Labute approximate surface area is 166 Å². The van der Waals surface area contributed by atoms with Crippen LogP contribution in [0.3, 0.4) is 0 Å². The molecule has 8 nitrogen and oxygen atoms in total. The summed E-state index contributed by atoms with van der Waals surface area (Å²) in [4.78, 5) is 15.7. The number of aromatic nitrogens is 3. The maximum absolute atomic E-state index is 5.44. The van der Waals surface area contributed by atoms with E-state index in [0.717, 1.165) is 43.0 Å². The molecule has 150 valence electrons. The topological polar surface area (TPSA) is 81.6 Å². The van der Waals surface area contributed by atoms with E-state index in [1.807, 2.05) is 6.92 Å². The van der Waals surface area contributed by atoms with E-state index in [0.29, 0.717) is 11.9 Å². The molecule has 0 amide bonds. The Kier molecular flexibility index (Phi) is 11.5. The van der Waals surface area contributed by atoms with Gasteiger partial charge in [0, 0.05) is 52.8 Å². The molecule has 1 aromatic rings. The SMILES string of the molecule is CCNc1nc(SSCCC[Si](OC)(OC)OC)nc(N(CC)CC)n1. The number of hydrogen-bond acceptors (Lipinski definition) is 10. The highest BCUT2D eigenvalue weighted by molar-refractivity contribution is 8.76. The van der Waals surface area contributed by atoms with Crippen molar-refractivity contribution in [1.29, 1.82) is 0 Å². The molecular weight excluding hydrogens is 390 g/mol. The first kappa shape index (κ1) is 23.4. The fraction of sp³-hybridized carbons (Fsp3) is 0.800. The zero-order valence-corrected chi connectivity index (χ0v) is 19.2. The quantitative estimate of drug-likeness (QED) is 0.275. The molecule has 0 fully saturated rings. The predicted molar refractivity (Wildman–Crippen MR) is 112 cm³/mol. The van der Waals surface area contributed by atoms with Gasteiger partial charge in [-0.15, -0.1) is 0 Å². The molecule has 11 heteroatoms. The highest BCUT2D eigenvalue weighted by Crippen LogP contribution is 2.31. The summed E-state index contributed by atoms with van der Waals surface area (Å²) >= 11 is 0. The summed E-state index contributed by atoms with van der Waals surface area (Å²) in [7, 11) is 5.73. The highest BCUT2D eigenvalue weighted by Gasteiger charge is 2.36. The fourth-order valence-corrected chi connectivity index (χ4v) is 6.08. The third-order valence-corrected chi connectivity index (χ3v) is 8.80. The molecular formula is C15H31N5O3S2Si. The zero-order valence-electron chi connectivity index (χ0n) is 16.6. The molecule has 0 aliphatic carbocycles. The molecule has 0 aliphatic rings. The standard InChI is InChI=1S/C15H31N5O3S2Si/c1-7-16-13-17-14(20(8-2)9-3)19-15(18-13)25-24-11-10-12-26(21-4,22-5)23-6/h7-12H2,1-6H3,(H,16,17,18,19). The van der Waals surface area contributed by atoms with Crippen molar-refractivity contribution in [2.75, 3.05) is 56.9 Å². The second-order valence-electron chi connectivity index (χ2n) is 5.25. The van der Waals surface area contributed by atoms with Crippen molar-refractivity contribution in [2.45, 2.75) is 38.4 Å². The summed E-state index contributed by atoms with van der Waals surface area (Å²) in [6.07, 6.45) is 0.938. The van der Waals surface area contributed by atoms with Gasteiger partial charge in [0.15, 0.2) is 0 Å². The molecule has 0 spiro atoms. The van der Waals surface area contributed by atoms with Gasteiger partial charge >= 0.3 is 8.80 Å². The van der Waals surface area contributed by atoms with E-state index in [1.165, 1.54) is 0 Å². The Morgan fingerprint density at radius 1 is 1.00 bits per heavy atom. The zero-order chi connectivity index (χ0) is 19.4. The first-order valence-corrected chi connectivity index (χ1v) is 13.0. The van der Waals surface area contributed by atoms with Crippen molar-refractivity contribution in [3.8, 4) is 0 Å². The summed E-state index contributed by atoms with van der Waals surface area (Å²) in [6, 6.07) is 0.786. The van der Waals surface area contributed by atoms with Crippen LogP contribution in [0.4, 0.5) is 11.9 Å². The minimum atomic E-state index is -2.48. The molecule has 0 aromatic carbocycles. The number of rotatable bonds is 14. The van der Waals surface area contributed by atoms with Crippen LogP contribution in [-0.2, 0) is 13.3 Å². The molecule has 1 heterocycles. The highest BCUT2D eigenvalue weighted by atomic mass is 33.1. The average molecular weight is 422 g/mol. The second kappa shape index (κ2) is 12.7. The maximum atomic E-state index is 5.44. The minimum Gasteiger partial charge on any atom is -0.377 e. The smallest absolute Gasteiger partial charge is 0.377 e. The van der Waals surface area contributed by atoms with Crippen LogP contribution in [0.15, 0.2) is 5.16 Å². The number of nitrogens with one attached hydrogen (secondary N) is 1. The van der Waals surface area contributed by atoms with E-state index >= 15 is 0 Å². The average Bonchev–Trinajstić information content (AvgIpc) is 2.66. The van der Waals surface area contributed by atoms with Gasteiger partial charge in [0.2, 0.25) is 17.1 Å². The van der Waals surface area contributed by atoms with Crippen molar-refractivity contribution in [3.05, 3.63) is 0 Å². The number of nitrogens with zero attached hydrogens (tertiary/aromatic N) is 4. The van der Waals surface area contributed by atoms with E-state index < -0.39 is 8.80 Å². The van der Waals surface area contributed by atoms with E-state index in [9.17, 15) is 0 Å². The van der Waals surface area contributed by atoms with Crippen LogP contribution >= 0.6 is 21.6 Å². The van der Waals surface area contributed by atoms with Gasteiger partial charge in [-0.25, -0.2) is 0 Å². The summed E-state index contributed by atoms with van der Waals surface area (Å²) in [5.41, 5.74) is 0. The van der Waals surface area contributed by atoms with Gasteiger partial charge in [0.1, 0.15) is 0 Å². The summed E-state index contributed by atoms with van der Waals surface area (Å²) < 4.78 is 16.3. The Morgan fingerprint density at radius 2 is 1.65 bits per heavy atom. The van der Waals surface area contributed by atoms with Crippen molar-refractivity contribution >= 4 is 42.3 Å². The van der Waals surface area contributed by atoms with Crippen LogP contribution in [0.25, 0.3) is 0 Å². The molecule has 1 aromatic heterocycles. The first-order chi connectivity index (χ1) is 12.6. The lowest BCUT2D eigenvalue weighted by Gasteiger charge is -2.24. The Bertz CT molecular complexity index is 514. The molecule has 0 saturated carbocycles. The maximum Gasteiger partial charge on any atom is 0.500 e. The Morgan fingerprint density at radius 3 is 2.19 bits per heavy atom. The van der Waals surface area contributed by atoms with Gasteiger partial charge in [0.25, 0.3) is 0 Å². The predicted octanol–water partition coefficient (Wildman–Crippen LogP) is 3.16. The molecule has 0 aliphatic heterocycles. The van der Waals surface area contributed by atoms with E-state index in [-0.39, 0.29) is 0 Å². The van der Waals surface area contributed by atoms with Crippen molar-refractivity contribution in [1.82, 2.24) is 15.0 Å². The third kappa shape index (κ3) is 7.20. The van der Waals surface area contributed by atoms with Crippen LogP contribution in [-0.4, -0.2) is 70.5 Å². The number of hydrogen-bond donors (Lipinski definition) is 1. The monoisotopic (exact) mass is 421 g/mol. The molecule has 0 unspecified atom stereocenters. The Hall–Kier alpha value is -0.593. The van der Waals surface area contributed by atoms with E-state index in [2.05, 4.69) is 39.0 Å². The summed E-state index contributed by atoms with van der Waals surface area (Å²) in [5.74, 6) is 2.27. The molecule has 1 rings (SSSR count). The van der Waals surface area contributed by atoms with Gasteiger partial charge in [-0.2, -0.15) is 15.0 Å². The van der Waals surface area contributed by atoms with Gasteiger partial charge in [-0.05, 0) is 38.0 Å². The Balaban J connectivity index is 2.63.